The number of aldehydes is 1. The van der Waals surface area contributed by atoms with Crippen LogP contribution in [0.2, 0.25) is 5.02 Å². The third-order valence-corrected chi connectivity index (χ3v) is 5.82. The number of ether oxygens (including phenoxy) is 1. The maximum Gasteiger partial charge on any atom is 0.336 e. The molecule has 6 heteroatoms. The predicted octanol–water partition coefficient (Wildman–Crippen LogP) is 4.74. The highest BCUT2D eigenvalue weighted by molar-refractivity contribution is 7.14. The summed E-state index contributed by atoms with van der Waals surface area (Å²) >= 11 is 7.77. The average Bonchev–Trinajstić information content (AvgIpc) is 3.05. The Morgan fingerprint density at radius 2 is 2.15 bits per heavy atom. The molecule has 1 aliphatic rings. The lowest BCUT2D eigenvalue weighted by molar-refractivity contribution is -0.128. The first-order valence-corrected chi connectivity index (χ1v) is 9.88. The van der Waals surface area contributed by atoms with Gasteiger partial charge in [-0.3, -0.25) is 4.90 Å². The zero-order chi connectivity index (χ0) is 19.2. The Hall–Kier alpha value is -2.21. The molecule has 0 fully saturated rings. The van der Waals surface area contributed by atoms with E-state index in [1.165, 1.54) is 22.3 Å². The lowest BCUT2D eigenvalue weighted by Crippen LogP contribution is -2.34. The van der Waals surface area contributed by atoms with Crippen LogP contribution in [0.3, 0.4) is 0 Å². The monoisotopic (exact) mass is 401 g/mol. The minimum Gasteiger partial charge on any atom is -0.412 e. The van der Waals surface area contributed by atoms with Gasteiger partial charge >= 0.3 is 5.97 Å². The van der Waals surface area contributed by atoms with Crippen molar-refractivity contribution < 1.29 is 14.3 Å². The van der Waals surface area contributed by atoms with Crippen molar-refractivity contribution in [2.45, 2.75) is 25.9 Å². The van der Waals surface area contributed by atoms with Crippen LogP contribution in [0.5, 0.6) is 5.06 Å². The van der Waals surface area contributed by atoms with Crippen molar-refractivity contribution in [1.29, 1.82) is 0 Å². The van der Waals surface area contributed by atoms with Gasteiger partial charge in [-0.25, -0.2) is 4.79 Å². The third kappa shape index (κ3) is 4.75. The molecule has 4 nitrogen and oxygen atoms in total. The number of hydrogen-bond acceptors (Lipinski definition) is 5. The van der Waals surface area contributed by atoms with Crippen LogP contribution in [-0.2, 0) is 22.6 Å². The summed E-state index contributed by atoms with van der Waals surface area (Å²) < 4.78 is 5.39. The lowest BCUT2D eigenvalue weighted by Gasteiger charge is -2.31. The zero-order valence-corrected chi connectivity index (χ0v) is 16.5. The van der Waals surface area contributed by atoms with Crippen LogP contribution in [-0.4, -0.2) is 23.7 Å². The third-order valence-electron chi connectivity index (χ3n) is 4.36. The normalized spacial score (nSPS) is 15.8. The first-order chi connectivity index (χ1) is 13.1. The van der Waals surface area contributed by atoms with E-state index in [0.29, 0.717) is 16.6 Å². The summed E-state index contributed by atoms with van der Waals surface area (Å²) in [4.78, 5) is 26.9. The Morgan fingerprint density at radius 1 is 1.33 bits per heavy atom. The van der Waals surface area contributed by atoms with Gasteiger partial charge in [0.05, 0.1) is 6.04 Å². The van der Waals surface area contributed by atoms with Gasteiger partial charge in [0.1, 0.15) is 6.29 Å². The summed E-state index contributed by atoms with van der Waals surface area (Å²) in [6.45, 7) is 3.24. The molecule has 0 aliphatic carbocycles. The van der Waals surface area contributed by atoms with Gasteiger partial charge in [-0.1, -0.05) is 48.0 Å². The van der Waals surface area contributed by atoms with Gasteiger partial charge in [0.25, 0.3) is 0 Å². The first kappa shape index (κ1) is 19.5. The number of esters is 1. The van der Waals surface area contributed by atoms with Crippen molar-refractivity contribution >= 4 is 35.2 Å². The highest BCUT2D eigenvalue weighted by Crippen LogP contribution is 2.36. The van der Waals surface area contributed by atoms with Crippen LogP contribution in [0.4, 0.5) is 0 Å². The van der Waals surface area contributed by atoms with Crippen molar-refractivity contribution in [3.8, 4) is 5.06 Å². The molecular formula is C21H20ClNO3S. The Bertz CT molecular complexity index is 887. The smallest absolute Gasteiger partial charge is 0.336 e. The molecule has 140 valence electrons. The maximum atomic E-state index is 11.8. The highest BCUT2D eigenvalue weighted by Gasteiger charge is 2.27. The van der Waals surface area contributed by atoms with E-state index >= 15 is 0 Å². The number of benzene rings is 1. The summed E-state index contributed by atoms with van der Waals surface area (Å²) in [5.41, 5.74) is 1.90. The fraction of sp³-hybridized carbons (Fsp3) is 0.238. The summed E-state index contributed by atoms with van der Waals surface area (Å²) in [6, 6.07) is 8.92. The lowest BCUT2D eigenvalue weighted by atomic mass is 10.0. The second kappa shape index (κ2) is 9.13. The molecule has 0 spiro atoms. The molecule has 0 N–H and O–H groups in total. The molecular weight excluding hydrogens is 382 g/mol. The zero-order valence-electron chi connectivity index (χ0n) is 14.9. The molecule has 0 unspecified atom stereocenters. The van der Waals surface area contributed by atoms with Crippen molar-refractivity contribution in [2.24, 2.45) is 0 Å². The number of fused-ring (bicyclic) bond motifs is 1. The van der Waals surface area contributed by atoms with Crippen LogP contribution >= 0.6 is 22.9 Å². The Kier molecular flexibility index (Phi) is 6.61. The van der Waals surface area contributed by atoms with E-state index in [1.54, 1.807) is 18.2 Å². The maximum absolute atomic E-state index is 11.8. The van der Waals surface area contributed by atoms with Gasteiger partial charge in [0.2, 0.25) is 0 Å². The van der Waals surface area contributed by atoms with Gasteiger partial charge in [0, 0.05) is 29.1 Å². The molecule has 0 saturated carbocycles. The number of nitrogens with zero attached hydrogens (tertiary/aromatic N) is 1. The molecule has 1 aromatic heterocycles. The van der Waals surface area contributed by atoms with Crippen LogP contribution in [0, 0.1) is 0 Å². The summed E-state index contributed by atoms with van der Waals surface area (Å²) in [7, 11) is 0. The van der Waals surface area contributed by atoms with Gasteiger partial charge in [-0.2, -0.15) is 0 Å². The van der Waals surface area contributed by atoms with E-state index in [9.17, 15) is 9.59 Å². The number of carbonyl (C=O) groups is 2. The number of halogens is 1. The fourth-order valence-electron chi connectivity index (χ4n) is 3.06. The summed E-state index contributed by atoms with van der Waals surface area (Å²) in [6.07, 6.45) is 8.39. The number of thiophene rings is 1. The molecule has 0 amide bonds. The Labute approximate surface area is 167 Å². The van der Waals surface area contributed by atoms with E-state index in [1.807, 2.05) is 37.3 Å². The molecule has 3 rings (SSSR count). The molecule has 2 aromatic rings. The predicted molar refractivity (Wildman–Crippen MR) is 108 cm³/mol. The van der Waals surface area contributed by atoms with E-state index < -0.39 is 5.97 Å². The molecule has 1 aromatic carbocycles. The van der Waals surface area contributed by atoms with E-state index in [2.05, 4.69) is 4.90 Å². The van der Waals surface area contributed by atoms with Gasteiger partial charge in [0.15, 0.2) is 5.06 Å². The highest BCUT2D eigenvalue weighted by atomic mass is 35.5. The van der Waals surface area contributed by atoms with E-state index in [4.69, 9.17) is 16.3 Å². The Morgan fingerprint density at radius 3 is 2.89 bits per heavy atom. The summed E-state index contributed by atoms with van der Waals surface area (Å²) in [5.74, 6) is -0.398. The quantitative estimate of drug-likeness (QED) is 0.303. The minimum absolute atomic E-state index is 0.387. The number of hydrogen-bond donors (Lipinski definition) is 0. The number of rotatable bonds is 6. The molecule has 0 bridgehead atoms. The van der Waals surface area contributed by atoms with Crippen molar-refractivity contribution in [3.63, 3.8) is 0 Å². The molecule has 27 heavy (non-hydrogen) atoms. The average molecular weight is 402 g/mol. The first-order valence-electron chi connectivity index (χ1n) is 8.69. The number of carbonyl (C=O) groups excluding carboxylic acids is 2. The molecule has 0 saturated heterocycles. The largest absolute Gasteiger partial charge is 0.412 e. The van der Waals surface area contributed by atoms with E-state index in [-0.39, 0.29) is 6.04 Å². The fourth-order valence-corrected chi connectivity index (χ4v) is 4.33. The van der Waals surface area contributed by atoms with Crippen molar-refractivity contribution in [3.05, 3.63) is 75.7 Å². The van der Waals surface area contributed by atoms with E-state index in [0.717, 1.165) is 30.4 Å². The molecule has 0 radical (unpaired) electrons. The van der Waals surface area contributed by atoms with Crippen molar-refractivity contribution in [1.82, 2.24) is 4.90 Å². The molecule has 1 atom stereocenters. The molecule has 1 aliphatic heterocycles. The summed E-state index contributed by atoms with van der Waals surface area (Å²) in [5, 5.41) is 1.17. The molecule has 2 heterocycles. The topological polar surface area (TPSA) is 46.6 Å². The van der Waals surface area contributed by atoms with Crippen LogP contribution in [0.25, 0.3) is 0 Å². The van der Waals surface area contributed by atoms with Crippen molar-refractivity contribution in [2.75, 3.05) is 6.54 Å². The van der Waals surface area contributed by atoms with Gasteiger partial charge in [-0.05, 0) is 36.6 Å². The van der Waals surface area contributed by atoms with Gasteiger partial charge < -0.3 is 9.53 Å². The Balaban J connectivity index is 1.73. The van der Waals surface area contributed by atoms with Gasteiger partial charge in [-0.15, -0.1) is 11.3 Å². The van der Waals surface area contributed by atoms with Crippen LogP contribution in [0.15, 0.2) is 54.6 Å². The second-order valence-electron chi connectivity index (χ2n) is 6.14. The number of allylic oxidation sites excluding steroid dienone is 3. The SMILES string of the molecule is C/C=C/C=C/C(=O)Oc1cc2c(s1)CCN([C@H](C=O)c1ccccc1Cl)C2. The minimum atomic E-state index is -0.398. The van der Waals surface area contributed by atoms with Crippen LogP contribution in [0.1, 0.15) is 29.0 Å². The second-order valence-corrected chi connectivity index (χ2v) is 7.65. The van der Waals surface area contributed by atoms with Crippen LogP contribution < -0.4 is 4.74 Å². The standard InChI is InChI=1S/C21H20ClNO3S/c1-2-3-4-9-20(25)26-21-12-15-13-23(11-10-19(15)27-21)18(14-24)16-7-5-6-8-17(16)22/h2-9,12,14,18H,10-11,13H2,1H3/b3-2+,9-4+/t18-/m1/s1.